The average Bonchev–Trinajstić information content (AvgIpc) is 2.45. The number of carboxylic acids is 1. The number of aliphatic carboxylic acids is 1. The van der Waals surface area contributed by atoms with Crippen LogP contribution in [0.5, 0.6) is 0 Å². The van der Waals surface area contributed by atoms with E-state index in [-0.39, 0.29) is 11.8 Å². The van der Waals surface area contributed by atoms with Crippen LogP contribution in [0.3, 0.4) is 0 Å². The lowest BCUT2D eigenvalue weighted by Gasteiger charge is -2.10. The van der Waals surface area contributed by atoms with Crippen molar-refractivity contribution in [3.8, 4) is 0 Å². The Labute approximate surface area is 124 Å². The average molecular weight is 313 g/mol. The molecule has 1 amide bonds. The molecule has 0 heterocycles. The summed E-state index contributed by atoms with van der Waals surface area (Å²) in [5, 5.41) is 9.37. The van der Waals surface area contributed by atoms with Crippen LogP contribution in [0.2, 0.25) is 0 Å². The zero-order valence-electron chi connectivity index (χ0n) is 11.6. The van der Waals surface area contributed by atoms with E-state index in [0.717, 1.165) is 16.3 Å². The number of hydrogen-bond acceptors (Lipinski definition) is 2. The van der Waals surface area contributed by atoms with Crippen LogP contribution in [0.25, 0.3) is 10.8 Å². The zero-order chi connectivity index (χ0) is 16.9. The Morgan fingerprint density at radius 2 is 1.59 bits per heavy atom. The van der Waals surface area contributed by atoms with Gasteiger partial charge in [0.1, 0.15) is 0 Å². The Hall–Kier alpha value is -2.57. The molecular weight excluding hydrogens is 299 g/mol. The molecule has 118 valence electrons. The first-order chi connectivity index (χ1) is 10.1. The third-order valence-corrected chi connectivity index (χ3v) is 2.96. The number of carbonyl (C=O) groups excluding carboxylic acids is 1. The number of fused-ring (bicyclic) bond motifs is 1. The van der Waals surface area contributed by atoms with Gasteiger partial charge in [-0.05, 0) is 23.3 Å². The Bertz CT molecular complexity index is 678. The number of amides is 1. The molecule has 2 aromatic carbocycles. The first-order valence-electron chi connectivity index (χ1n) is 6.21. The number of hydrogen-bond donors (Lipinski definition) is 2. The number of carbonyl (C=O) groups is 2. The minimum absolute atomic E-state index is 0.240. The number of carboxylic acid groups (broad SMARTS) is 1. The predicted molar refractivity (Wildman–Crippen MR) is 75.2 cm³/mol. The van der Waals surface area contributed by atoms with E-state index >= 15 is 0 Å². The van der Waals surface area contributed by atoms with Crippen LogP contribution in [-0.2, 0) is 9.59 Å². The molecule has 2 aromatic rings. The summed E-state index contributed by atoms with van der Waals surface area (Å²) in [5.41, 5.74) is 6.32. The Balaban J connectivity index is 0.000000295. The summed E-state index contributed by atoms with van der Waals surface area (Å²) < 4.78 is 31.7. The highest BCUT2D eigenvalue weighted by molar-refractivity contribution is 5.92. The van der Waals surface area contributed by atoms with Gasteiger partial charge in [0.15, 0.2) is 0 Å². The van der Waals surface area contributed by atoms with Crippen LogP contribution in [0.15, 0.2) is 42.5 Å². The Morgan fingerprint density at radius 3 is 2.09 bits per heavy atom. The molecule has 0 fully saturated rings. The summed E-state index contributed by atoms with van der Waals surface area (Å²) in [6.07, 6.45) is -5.08. The first kappa shape index (κ1) is 17.5. The van der Waals surface area contributed by atoms with Crippen LogP contribution in [-0.4, -0.2) is 23.2 Å². The van der Waals surface area contributed by atoms with Crippen LogP contribution in [0, 0.1) is 0 Å². The largest absolute Gasteiger partial charge is 0.490 e. The maximum atomic E-state index is 11.2. The van der Waals surface area contributed by atoms with Gasteiger partial charge in [0, 0.05) is 0 Å². The molecule has 0 aliphatic carbocycles. The van der Waals surface area contributed by atoms with E-state index in [1.807, 2.05) is 49.4 Å². The fourth-order valence-corrected chi connectivity index (χ4v) is 1.78. The summed E-state index contributed by atoms with van der Waals surface area (Å²) in [6.45, 7) is 1.84. The third kappa shape index (κ3) is 4.47. The van der Waals surface area contributed by atoms with Crippen molar-refractivity contribution in [2.75, 3.05) is 0 Å². The quantitative estimate of drug-likeness (QED) is 0.894. The zero-order valence-corrected chi connectivity index (χ0v) is 11.6. The molecule has 0 spiro atoms. The monoisotopic (exact) mass is 313 g/mol. The molecule has 0 saturated heterocycles. The molecule has 1 atom stereocenters. The van der Waals surface area contributed by atoms with E-state index in [9.17, 15) is 18.0 Å². The van der Waals surface area contributed by atoms with Crippen molar-refractivity contribution in [2.24, 2.45) is 5.73 Å². The second-order valence-corrected chi connectivity index (χ2v) is 4.50. The van der Waals surface area contributed by atoms with Gasteiger partial charge in [-0.15, -0.1) is 0 Å². The van der Waals surface area contributed by atoms with E-state index in [1.165, 1.54) is 0 Å². The van der Waals surface area contributed by atoms with E-state index in [4.69, 9.17) is 15.6 Å². The summed E-state index contributed by atoms with van der Waals surface area (Å²) in [7, 11) is 0. The van der Waals surface area contributed by atoms with Crippen molar-refractivity contribution < 1.29 is 27.9 Å². The van der Waals surface area contributed by atoms with Crippen molar-refractivity contribution >= 4 is 22.6 Å². The molecule has 0 aliphatic heterocycles. The number of alkyl halides is 3. The second-order valence-electron chi connectivity index (χ2n) is 4.50. The van der Waals surface area contributed by atoms with Crippen molar-refractivity contribution in [1.29, 1.82) is 0 Å². The number of halogens is 3. The van der Waals surface area contributed by atoms with Gasteiger partial charge in [0.05, 0.1) is 5.92 Å². The van der Waals surface area contributed by atoms with Crippen LogP contribution in [0.4, 0.5) is 13.2 Å². The fourth-order valence-electron chi connectivity index (χ4n) is 1.78. The Morgan fingerprint density at radius 1 is 1.09 bits per heavy atom. The van der Waals surface area contributed by atoms with Gasteiger partial charge in [0.2, 0.25) is 5.91 Å². The number of benzene rings is 2. The topological polar surface area (TPSA) is 80.4 Å². The maximum absolute atomic E-state index is 11.2. The van der Waals surface area contributed by atoms with Gasteiger partial charge in [0.25, 0.3) is 0 Å². The smallest absolute Gasteiger partial charge is 0.475 e. The Kier molecular flexibility index (Phi) is 5.50. The minimum Gasteiger partial charge on any atom is -0.475 e. The first-order valence-corrected chi connectivity index (χ1v) is 6.21. The summed E-state index contributed by atoms with van der Waals surface area (Å²) in [6, 6.07) is 14.0. The fraction of sp³-hybridized carbons (Fsp3) is 0.200. The molecular formula is C15H14F3NO3. The lowest BCUT2D eigenvalue weighted by Crippen LogP contribution is -2.21. The number of nitrogens with two attached hydrogens (primary N) is 1. The van der Waals surface area contributed by atoms with Gasteiger partial charge < -0.3 is 10.8 Å². The highest BCUT2D eigenvalue weighted by atomic mass is 19.4. The SMILES string of the molecule is CC(C(N)=O)c1cccc2ccccc12.O=C(O)C(F)(F)F. The van der Waals surface area contributed by atoms with Gasteiger partial charge in [-0.2, -0.15) is 13.2 Å². The van der Waals surface area contributed by atoms with E-state index in [2.05, 4.69) is 0 Å². The van der Waals surface area contributed by atoms with Crippen molar-refractivity contribution in [3.05, 3.63) is 48.0 Å². The minimum atomic E-state index is -5.08. The van der Waals surface area contributed by atoms with E-state index < -0.39 is 12.1 Å². The summed E-state index contributed by atoms with van der Waals surface area (Å²) >= 11 is 0. The van der Waals surface area contributed by atoms with Crippen LogP contribution >= 0.6 is 0 Å². The molecule has 1 unspecified atom stereocenters. The number of primary amides is 1. The van der Waals surface area contributed by atoms with Gasteiger partial charge in [-0.1, -0.05) is 42.5 Å². The lowest BCUT2D eigenvalue weighted by atomic mass is 9.94. The standard InChI is InChI=1S/C13H13NO.C2HF3O2/c1-9(13(14)15)11-8-4-6-10-5-2-3-7-12(10)11;3-2(4,5)1(6)7/h2-9H,1H3,(H2,14,15);(H,6,7). The molecule has 7 heteroatoms. The molecule has 2 rings (SSSR count). The molecule has 22 heavy (non-hydrogen) atoms. The van der Waals surface area contributed by atoms with E-state index in [0.29, 0.717) is 0 Å². The molecule has 4 nitrogen and oxygen atoms in total. The highest BCUT2D eigenvalue weighted by Gasteiger charge is 2.38. The third-order valence-electron chi connectivity index (χ3n) is 2.96. The van der Waals surface area contributed by atoms with Crippen LogP contribution in [0.1, 0.15) is 18.4 Å². The number of rotatable bonds is 2. The second kappa shape index (κ2) is 6.93. The normalized spacial score (nSPS) is 12.2. The van der Waals surface area contributed by atoms with Gasteiger partial charge in [-0.3, -0.25) is 4.79 Å². The molecule has 3 N–H and O–H groups in total. The van der Waals surface area contributed by atoms with Crippen LogP contribution < -0.4 is 5.73 Å². The predicted octanol–water partition coefficient (Wildman–Crippen LogP) is 3.06. The maximum Gasteiger partial charge on any atom is 0.490 e. The molecule has 0 bridgehead atoms. The van der Waals surface area contributed by atoms with Gasteiger partial charge >= 0.3 is 12.1 Å². The van der Waals surface area contributed by atoms with Crippen molar-refractivity contribution in [2.45, 2.75) is 19.0 Å². The highest BCUT2D eigenvalue weighted by Crippen LogP contribution is 2.25. The molecule has 0 saturated carbocycles. The lowest BCUT2D eigenvalue weighted by molar-refractivity contribution is -0.192. The summed E-state index contributed by atoms with van der Waals surface area (Å²) in [5.74, 6) is -3.28. The van der Waals surface area contributed by atoms with E-state index in [1.54, 1.807) is 0 Å². The van der Waals surface area contributed by atoms with Crippen molar-refractivity contribution in [1.82, 2.24) is 0 Å². The molecule has 0 radical (unpaired) electrons. The molecule has 0 aromatic heterocycles. The van der Waals surface area contributed by atoms with Gasteiger partial charge in [-0.25, -0.2) is 4.79 Å². The molecule has 0 aliphatic rings. The summed E-state index contributed by atoms with van der Waals surface area (Å²) in [4.78, 5) is 20.1. The van der Waals surface area contributed by atoms with Crippen molar-refractivity contribution in [3.63, 3.8) is 0 Å².